The molecule has 2 aromatic rings. The summed E-state index contributed by atoms with van der Waals surface area (Å²) in [5.41, 5.74) is 2.97. The molecular weight excluding hydrogens is 288 g/mol. The average molecular weight is 314 g/mol. The molecule has 0 amide bonds. The van der Waals surface area contributed by atoms with Crippen LogP contribution in [0.4, 0.5) is 0 Å². The maximum absolute atomic E-state index is 12.2. The number of nitrogens with zero attached hydrogens (tertiary/aromatic N) is 3. The van der Waals surface area contributed by atoms with Crippen LogP contribution in [0.1, 0.15) is 19.8 Å². The number of benzene rings is 1. The summed E-state index contributed by atoms with van der Waals surface area (Å²) in [6.07, 6.45) is 4.32. The first-order valence-corrected chi connectivity index (χ1v) is 8.49. The lowest BCUT2D eigenvalue weighted by atomic mass is 10.2. The molecule has 5 nitrogen and oxygen atoms in total. The molecule has 124 valence electrons. The predicted molar refractivity (Wildman–Crippen MR) is 95.7 cm³/mol. The third-order valence-corrected chi connectivity index (χ3v) is 4.70. The van der Waals surface area contributed by atoms with E-state index in [1.54, 1.807) is 0 Å². The molecule has 23 heavy (non-hydrogen) atoms. The number of aromatic amines is 1. The van der Waals surface area contributed by atoms with E-state index in [1.165, 1.54) is 6.42 Å². The monoisotopic (exact) mass is 314 g/mol. The maximum atomic E-state index is 12.2. The molecule has 0 fully saturated rings. The number of imidazole rings is 1. The van der Waals surface area contributed by atoms with Crippen LogP contribution < -0.4 is 5.69 Å². The van der Waals surface area contributed by atoms with Gasteiger partial charge in [0, 0.05) is 25.2 Å². The summed E-state index contributed by atoms with van der Waals surface area (Å²) < 4.78 is 1.83. The van der Waals surface area contributed by atoms with Crippen LogP contribution in [0.5, 0.6) is 0 Å². The maximum Gasteiger partial charge on any atom is 0.330 e. The third kappa shape index (κ3) is 3.57. The molecular formula is C18H26N4O. The number of H-pyrrole nitrogens is 1. The largest absolute Gasteiger partial charge is 0.330 e. The van der Waals surface area contributed by atoms with Gasteiger partial charge < -0.3 is 9.88 Å². The first-order chi connectivity index (χ1) is 11.2. The Morgan fingerprint density at radius 2 is 2.13 bits per heavy atom. The molecule has 1 N–H and O–H groups in total. The van der Waals surface area contributed by atoms with Crippen molar-refractivity contribution in [1.29, 1.82) is 0 Å². The van der Waals surface area contributed by atoms with E-state index in [-0.39, 0.29) is 5.69 Å². The predicted octanol–water partition coefficient (Wildman–Crippen LogP) is 2.22. The Balaban J connectivity index is 1.67. The van der Waals surface area contributed by atoms with Crippen LogP contribution in [0.3, 0.4) is 0 Å². The van der Waals surface area contributed by atoms with E-state index in [4.69, 9.17) is 0 Å². The Labute approximate surface area is 137 Å². The molecule has 0 aliphatic carbocycles. The van der Waals surface area contributed by atoms with Crippen molar-refractivity contribution in [2.24, 2.45) is 0 Å². The smallest absolute Gasteiger partial charge is 0.307 e. The summed E-state index contributed by atoms with van der Waals surface area (Å²) in [6, 6.07) is 7.88. The summed E-state index contributed by atoms with van der Waals surface area (Å²) in [5, 5.41) is 0. The lowest BCUT2D eigenvalue weighted by Crippen LogP contribution is -2.33. The van der Waals surface area contributed by atoms with Gasteiger partial charge in [-0.25, -0.2) is 4.79 Å². The van der Waals surface area contributed by atoms with E-state index in [2.05, 4.69) is 34.8 Å². The standard InChI is InChI=1S/C18H26N4O/c1-3-20(2)11-6-12-21-13-9-15(10-14-21)22-17-8-5-4-7-16(17)19-18(22)23/h4-5,7-9H,3,6,10-14H2,1-2H3,(H,19,23). The van der Waals surface area contributed by atoms with Crippen LogP contribution in [0.15, 0.2) is 35.1 Å². The van der Waals surface area contributed by atoms with Crippen LogP contribution in [0, 0.1) is 0 Å². The highest BCUT2D eigenvalue weighted by atomic mass is 16.1. The molecule has 2 heterocycles. The lowest BCUT2D eigenvalue weighted by Gasteiger charge is -2.27. The van der Waals surface area contributed by atoms with Crippen molar-refractivity contribution in [1.82, 2.24) is 19.4 Å². The number of para-hydroxylation sites is 2. The van der Waals surface area contributed by atoms with Gasteiger partial charge >= 0.3 is 5.69 Å². The van der Waals surface area contributed by atoms with Gasteiger partial charge in [-0.1, -0.05) is 25.1 Å². The van der Waals surface area contributed by atoms with Crippen LogP contribution >= 0.6 is 0 Å². The molecule has 0 bridgehead atoms. The molecule has 0 unspecified atom stereocenters. The SMILES string of the molecule is CCN(C)CCCN1CC=C(n2c(=O)[nH]c3ccccc32)CC1. The Morgan fingerprint density at radius 3 is 2.87 bits per heavy atom. The molecule has 3 rings (SSSR count). The molecule has 1 aliphatic heterocycles. The molecule has 1 aromatic carbocycles. The molecule has 5 heteroatoms. The van der Waals surface area contributed by atoms with Crippen molar-refractivity contribution in [2.75, 3.05) is 39.8 Å². The molecule has 0 saturated heterocycles. The van der Waals surface area contributed by atoms with Crippen LogP contribution in [0.25, 0.3) is 16.7 Å². The lowest BCUT2D eigenvalue weighted by molar-refractivity contribution is 0.265. The Bertz CT molecular complexity index is 743. The van der Waals surface area contributed by atoms with E-state index in [1.807, 2.05) is 28.8 Å². The van der Waals surface area contributed by atoms with Crippen LogP contribution in [0.2, 0.25) is 0 Å². The normalized spacial score (nSPS) is 16.2. The highest BCUT2D eigenvalue weighted by molar-refractivity contribution is 5.79. The van der Waals surface area contributed by atoms with E-state index in [0.29, 0.717) is 0 Å². The summed E-state index contributed by atoms with van der Waals surface area (Å²) in [6.45, 7) is 7.51. The first kappa shape index (κ1) is 16.0. The highest BCUT2D eigenvalue weighted by Crippen LogP contribution is 2.19. The van der Waals surface area contributed by atoms with Gasteiger partial charge in [-0.15, -0.1) is 0 Å². The van der Waals surface area contributed by atoms with Gasteiger partial charge in [0.2, 0.25) is 0 Å². The molecule has 0 spiro atoms. The minimum Gasteiger partial charge on any atom is -0.307 e. The Kier molecular flexibility index (Phi) is 4.98. The van der Waals surface area contributed by atoms with Gasteiger partial charge in [0.1, 0.15) is 0 Å². The number of hydrogen-bond donors (Lipinski definition) is 1. The zero-order chi connectivity index (χ0) is 16.2. The van der Waals surface area contributed by atoms with Crippen LogP contribution in [-0.2, 0) is 0 Å². The van der Waals surface area contributed by atoms with Gasteiger partial charge in [0.05, 0.1) is 11.0 Å². The number of fused-ring (bicyclic) bond motifs is 1. The van der Waals surface area contributed by atoms with Gasteiger partial charge in [-0.2, -0.15) is 0 Å². The zero-order valence-corrected chi connectivity index (χ0v) is 14.1. The third-order valence-electron chi connectivity index (χ3n) is 4.70. The van der Waals surface area contributed by atoms with E-state index >= 15 is 0 Å². The number of aromatic nitrogens is 2. The van der Waals surface area contributed by atoms with Crippen molar-refractivity contribution in [3.63, 3.8) is 0 Å². The van der Waals surface area contributed by atoms with Crippen molar-refractivity contribution in [2.45, 2.75) is 19.8 Å². The summed E-state index contributed by atoms with van der Waals surface area (Å²) in [4.78, 5) is 20.0. The van der Waals surface area contributed by atoms with Crippen molar-refractivity contribution in [3.05, 3.63) is 40.8 Å². The summed E-state index contributed by atoms with van der Waals surface area (Å²) in [5.74, 6) is 0. The molecule has 0 saturated carbocycles. The van der Waals surface area contributed by atoms with Crippen molar-refractivity contribution >= 4 is 16.7 Å². The summed E-state index contributed by atoms with van der Waals surface area (Å²) in [7, 11) is 2.16. The van der Waals surface area contributed by atoms with E-state index in [0.717, 1.165) is 55.9 Å². The van der Waals surface area contributed by atoms with Crippen LogP contribution in [-0.4, -0.2) is 59.1 Å². The minimum atomic E-state index is -0.0320. The molecule has 0 atom stereocenters. The fourth-order valence-electron chi connectivity index (χ4n) is 3.17. The van der Waals surface area contributed by atoms with E-state index < -0.39 is 0 Å². The summed E-state index contributed by atoms with van der Waals surface area (Å²) >= 11 is 0. The average Bonchev–Trinajstić information content (AvgIpc) is 2.91. The Morgan fingerprint density at radius 1 is 1.30 bits per heavy atom. The molecule has 1 aliphatic rings. The molecule has 1 aromatic heterocycles. The minimum absolute atomic E-state index is 0.0320. The fraction of sp³-hybridized carbons (Fsp3) is 0.500. The van der Waals surface area contributed by atoms with Gasteiger partial charge in [0.25, 0.3) is 0 Å². The Hall–Kier alpha value is -1.85. The number of hydrogen-bond acceptors (Lipinski definition) is 3. The van der Waals surface area contributed by atoms with E-state index in [9.17, 15) is 4.79 Å². The second-order valence-corrected chi connectivity index (χ2v) is 6.28. The number of rotatable bonds is 6. The zero-order valence-electron chi connectivity index (χ0n) is 14.1. The first-order valence-electron chi connectivity index (χ1n) is 8.49. The van der Waals surface area contributed by atoms with Crippen molar-refractivity contribution < 1.29 is 0 Å². The van der Waals surface area contributed by atoms with Gasteiger partial charge in [-0.3, -0.25) is 9.47 Å². The number of nitrogens with one attached hydrogen (secondary N) is 1. The topological polar surface area (TPSA) is 44.3 Å². The quantitative estimate of drug-likeness (QED) is 0.889. The van der Waals surface area contributed by atoms with Crippen molar-refractivity contribution in [3.8, 4) is 0 Å². The highest BCUT2D eigenvalue weighted by Gasteiger charge is 2.16. The fourth-order valence-corrected chi connectivity index (χ4v) is 3.17. The molecule has 0 radical (unpaired) electrons. The second-order valence-electron chi connectivity index (χ2n) is 6.28. The van der Waals surface area contributed by atoms with Gasteiger partial charge in [0.15, 0.2) is 0 Å². The second kappa shape index (κ2) is 7.15. The van der Waals surface area contributed by atoms with Gasteiger partial charge in [-0.05, 0) is 45.2 Å².